The maximum atomic E-state index is 12.5. The van der Waals surface area contributed by atoms with Crippen LogP contribution in [0.5, 0.6) is 5.75 Å². The van der Waals surface area contributed by atoms with E-state index in [0.717, 1.165) is 43.8 Å². The van der Waals surface area contributed by atoms with Crippen LogP contribution in [-0.2, 0) is 4.79 Å². The summed E-state index contributed by atoms with van der Waals surface area (Å²) < 4.78 is 5.45. The van der Waals surface area contributed by atoms with Crippen LogP contribution in [0.2, 0.25) is 0 Å². The van der Waals surface area contributed by atoms with Gasteiger partial charge in [-0.15, -0.1) is 0 Å². The molecule has 1 aliphatic rings. The Bertz CT molecular complexity index is 535. The average molecular weight is 333 g/mol. The maximum absolute atomic E-state index is 12.5. The van der Waals surface area contributed by atoms with Gasteiger partial charge in [0.2, 0.25) is 5.91 Å². The van der Waals surface area contributed by atoms with Crippen LogP contribution in [0.4, 0.5) is 5.69 Å². The molecule has 0 saturated carbocycles. The fourth-order valence-corrected chi connectivity index (χ4v) is 3.49. The van der Waals surface area contributed by atoms with Crippen molar-refractivity contribution in [2.75, 3.05) is 38.2 Å². The van der Waals surface area contributed by atoms with Gasteiger partial charge in [0.15, 0.2) is 0 Å². The van der Waals surface area contributed by atoms with Gasteiger partial charge in [0, 0.05) is 26.2 Å². The quantitative estimate of drug-likeness (QED) is 0.766. The van der Waals surface area contributed by atoms with Crippen LogP contribution < -0.4 is 20.7 Å². The van der Waals surface area contributed by atoms with Gasteiger partial charge in [0.1, 0.15) is 5.75 Å². The smallest absolute Gasteiger partial charge is 0.227 e. The summed E-state index contributed by atoms with van der Waals surface area (Å²) in [5, 5.41) is 3.14. The van der Waals surface area contributed by atoms with Crippen molar-refractivity contribution in [3.8, 4) is 5.75 Å². The molecule has 1 atom stereocenters. The monoisotopic (exact) mass is 333 g/mol. The number of benzene rings is 1. The third-order valence-corrected chi connectivity index (χ3v) is 5.49. The molecule has 1 heterocycles. The first-order chi connectivity index (χ1) is 11.6. The van der Waals surface area contributed by atoms with Gasteiger partial charge in [-0.2, -0.15) is 0 Å². The highest BCUT2D eigenvalue weighted by molar-refractivity contribution is 5.82. The number of carbonyl (C=O) groups is 1. The number of para-hydroxylation sites is 2. The van der Waals surface area contributed by atoms with Crippen LogP contribution in [0, 0.1) is 11.3 Å². The van der Waals surface area contributed by atoms with E-state index in [2.05, 4.69) is 16.3 Å². The first kappa shape index (κ1) is 18.6. The lowest BCUT2D eigenvalue weighted by Gasteiger charge is -2.29. The highest BCUT2D eigenvalue weighted by Crippen LogP contribution is 2.32. The van der Waals surface area contributed by atoms with E-state index in [1.54, 1.807) is 7.11 Å². The summed E-state index contributed by atoms with van der Waals surface area (Å²) in [4.78, 5) is 14.9. The summed E-state index contributed by atoms with van der Waals surface area (Å²) in [5.41, 5.74) is 6.58. The fraction of sp³-hybridized carbons (Fsp3) is 0.632. The molecule has 1 saturated heterocycles. The number of ether oxygens (including phenoxy) is 1. The Balaban J connectivity index is 1.91. The fourth-order valence-electron chi connectivity index (χ4n) is 3.49. The van der Waals surface area contributed by atoms with E-state index >= 15 is 0 Å². The Morgan fingerprint density at radius 1 is 1.38 bits per heavy atom. The molecule has 0 bridgehead atoms. The van der Waals surface area contributed by atoms with E-state index < -0.39 is 5.41 Å². The van der Waals surface area contributed by atoms with Gasteiger partial charge >= 0.3 is 0 Å². The van der Waals surface area contributed by atoms with E-state index in [1.807, 2.05) is 32.0 Å². The molecule has 0 aromatic heterocycles. The zero-order chi connectivity index (χ0) is 17.6. The Labute approximate surface area is 145 Å². The molecule has 2 rings (SSSR count). The van der Waals surface area contributed by atoms with E-state index in [1.165, 1.54) is 0 Å². The first-order valence-corrected chi connectivity index (χ1v) is 8.96. The number of amides is 1. The molecule has 1 aromatic carbocycles. The second kappa shape index (κ2) is 8.38. The third-order valence-electron chi connectivity index (χ3n) is 5.49. The molecular weight excluding hydrogens is 302 g/mol. The Morgan fingerprint density at radius 3 is 2.71 bits per heavy atom. The van der Waals surface area contributed by atoms with E-state index in [9.17, 15) is 4.79 Å². The number of anilines is 1. The van der Waals surface area contributed by atoms with Gasteiger partial charge in [0.25, 0.3) is 0 Å². The second-order valence-electron chi connectivity index (χ2n) is 6.67. The predicted octanol–water partition coefficient (Wildman–Crippen LogP) is 2.40. The van der Waals surface area contributed by atoms with Gasteiger partial charge in [-0.3, -0.25) is 4.79 Å². The molecule has 0 aliphatic carbocycles. The summed E-state index contributed by atoms with van der Waals surface area (Å²) >= 11 is 0. The molecule has 1 unspecified atom stereocenters. The largest absolute Gasteiger partial charge is 0.495 e. The summed E-state index contributed by atoms with van der Waals surface area (Å²) in [7, 11) is 1.70. The lowest BCUT2D eigenvalue weighted by Crippen LogP contribution is -2.46. The molecule has 1 aromatic rings. The van der Waals surface area contributed by atoms with Crippen molar-refractivity contribution in [1.82, 2.24) is 5.32 Å². The minimum atomic E-state index is -0.416. The first-order valence-electron chi connectivity index (χ1n) is 8.96. The normalized spacial score (nSPS) is 17.8. The summed E-state index contributed by atoms with van der Waals surface area (Å²) in [6.07, 6.45) is 2.64. The van der Waals surface area contributed by atoms with Gasteiger partial charge in [0.05, 0.1) is 18.2 Å². The number of carbonyl (C=O) groups excluding carboxylic acids is 1. The minimum Gasteiger partial charge on any atom is -0.495 e. The third kappa shape index (κ3) is 3.83. The van der Waals surface area contributed by atoms with Crippen LogP contribution in [0.25, 0.3) is 0 Å². The van der Waals surface area contributed by atoms with Crippen molar-refractivity contribution in [1.29, 1.82) is 0 Å². The minimum absolute atomic E-state index is 0.103. The number of nitrogens with two attached hydrogens (primary N) is 1. The van der Waals surface area contributed by atoms with Crippen molar-refractivity contribution < 1.29 is 9.53 Å². The molecule has 0 radical (unpaired) electrons. The topological polar surface area (TPSA) is 67.6 Å². The lowest BCUT2D eigenvalue weighted by molar-refractivity contribution is -0.131. The molecule has 3 N–H and O–H groups in total. The number of rotatable bonds is 8. The molecular formula is C19H31N3O2. The number of nitrogens with zero attached hydrogens (tertiary/aromatic N) is 1. The van der Waals surface area contributed by atoms with Crippen LogP contribution in [-0.4, -0.2) is 39.2 Å². The van der Waals surface area contributed by atoms with Crippen LogP contribution in [0.1, 0.15) is 33.1 Å². The second-order valence-corrected chi connectivity index (χ2v) is 6.67. The standard InChI is InChI=1S/C19H31N3O2/c1-4-19(5-2,14-20)18(23)21-12-15-10-11-22(13-15)16-8-6-7-9-17(16)24-3/h6-9,15H,4-5,10-14,20H2,1-3H3,(H,21,23). The molecule has 5 heteroatoms. The number of nitrogens with one attached hydrogen (secondary N) is 1. The SMILES string of the molecule is CCC(CC)(CN)C(=O)NCC1CCN(c2ccccc2OC)C1. The molecule has 5 nitrogen and oxygen atoms in total. The average Bonchev–Trinajstić information content (AvgIpc) is 3.10. The van der Waals surface area contributed by atoms with Crippen molar-refractivity contribution >= 4 is 11.6 Å². The number of hydrogen-bond donors (Lipinski definition) is 2. The molecule has 1 amide bonds. The zero-order valence-corrected chi connectivity index (χ0v) is 15.2. The summed E-state index contributed by atoms with van der Waals surface area (Å²) in [6.45, 7) is 7.12. The van der Waals surface area contributed by atoms with E-state index in [-0.39, 0.29) is 5.91 Å². The predicted molar refractivity (Wildman–Crippen MR) is 98.4 cm³/mol. The van der Waals surface area contributed by atoms with Gasteiger partial charge < -0.3 is 20.7 Å². The molecule has 0 spiro atoms. The molecule has 1 fully saturated rings. The Kier molecular flexibility index (Phi) is 6.49. The molecule has 24 heavy (non-hydrogen) atoms. The summed E-state index contributed by atoms with van der Waals surface area (Å²) in [5.74, 6) is 1.47. The molecule has 1 aliphatic heterocycles. The van der Waals surface area contributed by atoms with E-state index in [4.69, 9.17) is 10.5 Å². The number of hydrogen-bond acceptors (Lipinski definition) is 4. The van der Waals surface area contributed by atoms with Gasteiger partial charge in [-0.05, 0) is 37.3 Å². The Morgan fingerprint density at radius 2 is 2.08 bits per heavy atom. The van der Waals surface area contributed by atoms with Crippen LogP contribution in [0.3, 0.4) is 0 Å². The van der Waals surface area contributed by atoms with E-state index in [0.29, 0.717) is 19.0 Å². The summed E-state index contributed by atoms with van der Waals surface area (Å²) in [6, 6.07) is 8.10. The highest BCUT2D eigenvalue weighted by Gasteiger charge is 2.34. The highest BCUT2D eigenvalue weighted by atomic mass is 16.5. The Hall–Kier alpha value is -1.75. The van der Waals surface area contributed by atoms with Crippen LogP contribution >= 0.6 is 0 Å². The van der Waals surface area contributed by atoms with Crippen molar-refractivity contribution in [3.05, 3.63) is 24.3 Å². The van der Waals surface area contributed by atoms with Gasteiger partial charge in [-0.25, -0.2) is 0 Å². The van der Waals surface area contributed by atoms with Crippen molar-refractivity contribution in [2.24, 2.45) is 17.1 Å². The lowest BCUT2D eigenvalue weighted by atomic mass is 9.81. The van der Waals surface area contributed by atoms with Crippen molar-refractivity contribution in [3.63, 3.8) is 0 Å². The maximum Gasteiger partial charge on any atom is 0.227 e. The van der Waals surface area contributed by atoms with Crippen LogP contribution in [0.15, 0.2) is 24.3 Å². The van der Waals surface area contributed by atoms with Gasteiger partial charge in [-0.1, -0.05) is 26.0 Å². The zero-order valence-electron chi connectivity index (χ0n) is 15.2. The molecule has 134 valence electrons. The number of methoxy groups -OCH3 is 1. The van der Waals surface area contributed by atoms with Crippen molar-refractivity contribution in [2.45, 2.75) is 33.1 Å².